The summed E-state index contributed by atoms with van der Waals surface area (Å²) in [7, 11) is 0. The fourth-order valence-corrected chi connectivity index (χ4v) is 4.57. The van der Waals surface area contributed by atoms with Gasteiger partial charge in [0.2, 0.25) is 0 Å². The Balaban J connectivity index is 1.71. The van der Waals surface area contributed by atoms with Crippen molar-refractivity contribution >= 4 is 5.69 Å². The van der Waals surface area contributed by atoms with Crippen molar-refractivity contribution in [2.45, 2.75) is 64.9 Å². The Bertz CT molecular complexity index is 647. The molecule has 2 fully saturated rings. The molecular formula is C23H33NO. The topological polar surface area (TPSA) is 23.5 Å². The van der Waals surface area contributed by atoms with Gasteiger partial charge in [-0.1, -0.05) is 39.1 Å². The lowest BCUT2D eigenvalue weighted by Crippen LogP contribution is -2.40. The second kappa shape index (κ2) is 6.64. The lowest BCUT2D eigenvalue weighted by Gasteiger charge is -2.43. The zero-order valence-electron chi connectivity index (χ0n) is 16.1. The molecule has 1 aromatic carbocycles. The van der Waals surface area contributed by atoms with Gasteiger partial charge in [-0.3, -0.25) is 0 Å². The first kappa shape index (κ1) is 18.3. The maximum Gasteiger partial charge on any atom is 0.0852 e. The van der Waals surface area contributed by atoms with Crippen molar-refractivity contribution in [3.05, 3.63) is 54.3 Å². The van der Waals surface area contributed by atoms with Gasteiger partial charge >= 0.3 is 0 Å². The number of aliphatic hydroxyl groups is 1. The standard InChI is InChI=1S/C23H33NO/c1-17(2)16-20-6-8-21(9-7-20)24-15-14-22(19(24)5)10-12-23(25,13-11-22)18(3)4/h6-9,17,25H,3,5,10-16H2,1-2,4H3/t22-,23+. The molecule has 25 heavy (non-hydrogen) atoms. The van der Waals surface area contributed by atoms with Crippen LogP contribution in [-0.4, -0.2) is 17.3 Å². The minimum absolute atomic E-state index is 0.165. The van der Waals surface area contributed by atoms with Crippen LogP contribution in [0.1, 0.15) is 58.4 Å². The maximum absolute atomic E-state index is 10.7. The van der Waals surface area contributed by atoms with Crippen LogP contribution in [0.5, 0.6) is 0 Å². The van der Waals surface area contributed by atoms with Crippen LogP contribution in [0, 0.1) is 11.3 Å². The summed E-state index contributed by atoms with van der Waals surface area (Å²) in [4.78, 5) is 2.39. The van der Waals surface area contributed by atoms with Crippen molar-refractivity contribution in [2.24, 2.45) is 11.3 Å². The minimum atomic E-state index is -0.669. The van der Waals surface area contributed by atoms with Crippen LogP contribution >= 0.6 is 0 Å². The summed E-state index contributed by atoms with van der Waals surface area (Å²) in [6.07, 6.45) is 5.91. The first-order valence-electron chi connectivity index (χ1n) is 9.70. The van der Waals surface area contributed by atoms with Crippen LogP contribution in [0.3, 0.4) is 0 Å². The number of anilines is 1. The molecule has 0 bridgehead atoms. The van der Waals surface area contributed by atoms with Crippen molar-refractivity contribution in [1.82, 2.24) is 0 Å². The van der Waals surface area contributed by atoms with Gasteiger partial charge in [-0.05, 0) is 74.6 Å². The van der Waals surface area contributed by atoms with Gasteiger partial charge in [0.25, 0.3) is 0 Å². The van der Waals surface area contributed by atoms with Crippen LogP contribution in [-0.2, 0) is 6.42 Å². The van der Waals surface area contributed by atoms with Crippen molar-refractivity contribution in [1.29, 1.82) is 0 Å². The van der Waals surface area contributed by atoms with Gasteiger partial charge in [-0.2, -0.15) is 0 Å². The molecule has 136 valence electrons. The third-order valence-corrected chi connectivity index (χ3v) is 6.47. The second-order valence-corrected chi connectivity index (χ2v) is 8.70. The molecule has 1 aromatic rings. The molecule has 0 radical (unpaired) electrons. The number of nitrogens with zero attached hydrogens (tertiary/aromatic N) is 1. The van der Waals surface area contributed by atoms with E-state index in [0.29, 0.717) is 5.92 Å². The lowest BCUT2D eigenvalue weighted by molar-refractivity contribution is 0.00760. The summed E-state index contributed by atoms with van der Waals surface area (Å²) in [5, 5.41) is 10.7. The monoisotopic (exact) mass is 339 g/mol. The molecule has 1 saturated carbocycles. The summed E-state index contributed by atoms with van der Waals surface area (Å²) in [6.45, 7) is 16.0. The summed E-state index contributed by atoms with van der Waals surface area (Å²) in [6, 6.07) is 9.01. The highest BCUT2D eigenvalue weighted by molar-refractivity contribution is 5.56. The molecule has 0 atom stereocenters. The third-order valence-electron chi connectivity index (χ3n) is 6.47. The molecule has 1 N–H and O–H groups in total. The van der Waals surface area contributed by atoms with Crippen molar-refractivity contribution < 1.29 is 5.11 Å². The smallest absolute Gasteiger partial charge is 0.0852 e. The van der Waals surface area contributed by atoms with Gasteiger partial charge in [-0.15, -0.1) is 0 Å². The molecule has 1 saturated heterocycles. The van der Waals surface area contributed by atoms with Gasteiger partial charge in [0.15, 0.2) is 0 Å². The molecule has 1 aliphatic heterocycles. The average molecular weight is 340 g/mol. The Labute approximate surface area is 153 Å². The Morgan fingerprint density at radius 2 is 1.72 bits per heavy atom. The number of hydrogen-bond acceptors (Lipinski definition) is 2. The molecule has 3 rings (SSSR count). The zero-order valence-corrected chi connectivity index (χ0v) is 16.1. The average Bonchev–Trinajstić information content (AvgIpc) is 2.88. The fraction of sp³-hybridized carbons (Fsp3) is 0.565. The molecule has 1 aliphatic carbocycles. The van der Waals surface area contributed by atoms with Crippen molar-refractivity contribution in [3.63, 3.8) is 0 Å². The van der Waals surface area contributed by atoms with E-state index in [4.69, 9.17) is 0 Å². The van der Waals surface area contributed by atoms with Crippen LogP contribution < -0.4 is 4.90 Å². The van der Waals surface area contributed by atoms with E-state index in [-0.39, 0.29) is 5.41 Å². The van der Waals surface area contributed by atoms with E-state index in [1.165, 1.54) is 16.9 Å². The van der Waals surface area contributed by atoms with Crippen LogP contribution in [0.25, 0.3) is 0 Å². The normalized spacial score (nSPS) is 29.6. The highest BCUT2D eigenvalue weighted by Crippen LogP contribution is 2.54. The molecule has 2 aliphatic rings. The highest BCUT2D eigenvalue weighted by atomic mass is 16.3. The van der Waals surface area contributed by atoms with Gasteiger partial charge < -0.3 is 10.0 Å². The molecule has 0 unspecified atom stereocenters. The predicted molar refractivity (Wildman–Crippen MR) is 107 cm³/mol. The summed E-state index contributed by atoms with van der Waals surface area (Å²) in [5.74, 6) is 0.685. The summed E-state index contributed by atoms with van der Waals surface area (Å²) < 4.78 is 0. The number of benzene rings is 1. The van der Waals surface area contributed by atoms with Crippen molar-refractivity contribution in [2.75, 3.05) is 11.4 Å². The second-order valence-electron chi connectivity index (χ2n) is 8.70. The first-order valence-corrected chi connectivity index (χ1v) is 9.70. The SMILES string of the molecule is C=C(C)[C@]1(O)CC[C@]2(CCN(c3ccc(CC(C)C)cc3)C2=C)CC1. The van der Waals surface area contributed by atoms with Gasteiger partial charge in [0, 0.05) is 23.3 Å². The summed E-state index contributed by atoms with van der Waals surface area (Å²) in [5.41, 5.74) is 4.31. The molecule has 0 amide bonds. The van der Waals surface area contributed by atoms with Crippen LogP contribution in [0.15, 0.2) is 48.7 Å². The van der Waals surface area contributed by atoms with E-state index in [1.54, 1.807) is 0 Å². The highest BCUT2D eigenvalue weighted by Gasteiger charge is 2.48. The molecule has 0 aromatic heterocycles. The molecule has 1 heterocycles. The molecule has 2 nitrogen and oxygen atoms in total. The van der Waals surface area contributed by atoms with Crippen molar-refractivity contribution in [3.8, 4) is 0 Å². The van der Waals surface area contributed by atoms with E-state index >= 15 is 0 Å². The van der Waals surface area contributed by atoms with E-state index in [2.05, 4.69) is 56.2 Å². The zero-order chi connectivity index (χ0) is 18.2. The van der Waals surface area contributed by atoms with E-state index in [1.807, 2.05) is 6.92 Å². The Kier molecular flexibility index (Phi) is 4.85. The Morgan fingerprint density at radius 1 is 1.12 bits per heavy atom. The van der Waals surface area contributed by atoms with Gasteiger partial charge in [0.1, 0.15) is 0 Å². The summed E-state index contributed by atoms with van der Waals surface area (Å²) >= 11 is 0. The maximum atomic E-state index is 10.7. The predicted octanol–water partition coefficient (Wildman–Crippen LogP) is 5.48. The van der Waals surface area contributed by atoms with Crippen LogP contribution in [0.2, 0.25) is 0 Å². The Morgan fingerprint density at radius 3 is 2.24 bits per heavy atom. The van der Waals surface area contributed by atoms with E-state index < -0.39 is 5.60 Å². The lowest BCUT2D eigenvalue weighted by atomic mass is 9.65. The number of rotatable bonds is 4. The molecular weight excluding hydrogens is 306 g/mol. The van der Waals surface area contributed by atoms with Gasteiger partial charge in [0.05, 0.1) is 5.60 Å². The van der Waals surface area contributed by atoms with Crippen LogP contribution in [0.4, 0.5) is 5.69 Å². The van der Waals surface area contributed by atoms with E-state index in [9.17, 15) is 5.11 Å². The Hall–Kier alpha value is -1.54. The molecule has 1 spiro atoms. The molecule has 2 heteroatoms. The third kappa shape index (κ3) is 3.42. The largest absolute Gasteiger partial charge is 0.386 e. The number of allylic oxidation sites excluding steroid dienone is 1. The first-order chi connectivity index (χ1) is 11.8. The number of hydrogen-bond donors (Lipinski definition) is 1. The van der Waals surface area contributed by atoms with E-state index in [0.717, 1.165) is 50.6 Å². The minimum Gasteiger partial charge on any atom is -0.386 e. The quantitative estimate of drug-likeness (QED) is 0.735. The fourth-order valence-electron chi connectivity index (χ4n) is 4.57. The van der Waals surface area contributed by atoms with Gasteiger partial charge in [-0.25, -0.2) is 0 Å².